The Morgan fingerprint density at radius 2 is 0.974 bits per heavy atom. The first-order chi connectivity index (χ1) is 18.7. The van der Waals surface area contributed by atoms with Crippen molar-refractivity contribution in [2.75, 3.05) is 0 Å². The number of hydrogen-bond acceptors (Lipinski definition) is 4. The van der Waals surface area contributed by atoms with Gasteiger partial charge >= 0.3 is 0 Å². The molecule has 0 bridgehead atoms. The minimum absolute atomic E-state index is 0.558. The molecule has 0 atom stereocenters. The molecule has 0 radical (unpaired) electrons. The molecule has 0 saturated carbocycles. The quantitative estimate of drug-likeness (QED) is 0.229. The number of aromatic nitrogens is 3. The molecule has 7 aromatic rings. The van der Waals surface area contributed by atoms with Gasteiger partial charge in [0.05, 0.1) is 5.02 Å². The highest BCUT2D eigenvalue weighted by atomic mass is 35.5. The zero-order chi connectivity index (χ0) is 25.5. The van der Waals surface area contributed by atoms with Crippen LogP contribution in [0.15, 0.2) is 121 Å². The van der Waals surface area contributed by atoms with Crippen molar-refractivity contribution in [3.63, 3.8) is 0 Å². The summed E-state index contributed by atoms with van der Waals surface area (Å²) in [6, 6.07) is 41.1. The summed E-state index contributed by atoms with van der Waals surface area (Å²) in [4.78, 5) is 14.7. The molecule has 0 spiro atoms. The lowest BCUT2D eigenvalue weighted by Crippen LogP contribution is -2.00. The Morgan fingerprint density at radius 3 is 1.68 bits per heavy atom. The molecule has 0 fully saturated rings. The van der Waals surface area contributed by atoms with Crippen LogP contribution < -0.4 is 0 Å². The van der Waals surface area contributed by atoms with E-state index in [0.717, 1.165) is 37.7 Å². The van der Waals surface area contributed by atoms with E-state index in [-0.39, 0.29) is 0 Å². The highest BCUT2D eigenvalue weighted by Crippen LogP contribution is 2.42. The Hall–Kier alpha value is -4.38. The van der Waals surface area contributed by atoms with Crippen LogP contribution in [0.1, 0.15) is 0 Å². The Bertz CT molecular complexity index is 1910. The second-order valence-corrected chi connectivity index (χ2v) is 10.5. The van der Waals surface area contributed by atoms with E-state index in [1.54, 1.807) is 11.3 Å². The first kappa shape index (κ1) is 22.8. The van der Waals surface area contributed by atoms with E-state index in [0.29, 0.717) is 22.5 Å². The predicted octanol–water partition coefficient (Wildman–Crippen LogP) is 9.56. The number of halogens is 1. The van der Waals surface area contributed by atoms with Gasteiger partial charge < -0.3 is 0 Å². The van der Waals surface area contributed by atoms with Gasteiger partial charge in [-0.2, -0.15) is 0 Å². The molecule has 0 unspecified atom stereocenters. The average molecular weight is 526 g/mol. The largest absolute Gasteiger partial charge is 0.208 e. The molecule has 2 heterocycles. The second kappa shape index (κ2) is 9.49. The second-order valence-electron chi connectivity index (χ2n) is 9.01. The number of thiophene rings is 1. The fourth-order valence-corrected chi connectivity index (χ4v) is 6.25. The molecular weight excluding hydrogens is 506 g/mol. The minimum atomic E-state index is 0.558. The predicted molar refractivity (Wildman–Crippen MR) is 159 cm³/mol. The molecule has 180 valence electrons. The highest BCUT2D eigenvalue weighted by Gasteiger charge is 2.18. The van der Waals surface area contributed by atoms with Crippen LogP contribution in [0.5, 0.6) is 0 Å². The normalized spacial score (nSPS) is 11.3. The Balaban J connectivity index is 1.40. The summed E-state index contributed by atoms with van der Waals surface area (Å²) in [6.07, 6.45) is 0. The molecule has 5 aromatic carbocycles. The van der Waals surface area contributed by atoms with Gasteiger partial charge in [0.1, 0.15) is 0 Å². The maximum Gasteiger partial charge on any atom is 0.165 e. The van der Waals surface area contributed by atoms with E-state index in [1.165, 1.54) is 10.3 Å². The zero-order valence-electron chi connectivity index (χ0n) is 20.2. The SMILES string of the molecule is Clc1c(-c2nc(-c3ccccc3)nc(-c3ccc(-c4ccccc4)cc3)n2)ccc2sc3ccccc3c12. The molecule has 3 nitrogen and oxygen atoms in total. The number of fused-ring (bicyclic) bond motifs is 3. The third-order valence-corrected chi connectivity index (χ3v) is 8.17. The third-order valence-electron chi connectivity index (χ3n) is 6.64. The maximum absolute atomic E-state index is 7.09. The van der Waals surface area contributed by atoms with Gasteiger partial charge in [-0.05, 0) is 29.3 Å². The molecule has 5 heteroatoms. The molecule has 0 saturated heterocycles. The van der Waals surface area contributed by atoms with Crippen LogP contribution in [0.4, 0.5) is 0 Å². The summed E-state index contributed by atoms with van der Waals surface area (Å²) in [5.74, 6) is 1.78. The third kappa shape index (κ3) is 4.04. The van der Waals surface area contributed by atoms with Gasteiger partial charge in [0.2, 0.25) is 0 Å². The standard InChI is InChI=1S/C33H20ClN3S/c34-30-26(19-20-28-29(30)25-13-7-8-14-27(25)38-28)33-36-31(23-11-5-2-6-12-23)35-32(37-33)24-17-15-22(16-18-24)21-9-3-1-4-10-21/h1-20H. The van der Waals surface area contributed by atoms with Crippen molar-refractivity contribution < 1.29 is 0 Å². The van der Waals surface area contributed by atoms with Gasteiger partial charge in [0.25, 0.3) is 0 Å². The molecule has 0 aliphatic rings. The van der Waals surface area contributed by atoms with Crippen molar-refractivity contribution in [3.8, 4) is 45.3 Å². The van der Waals surface area contributed by atoms with Gasteiger partial charge in [0, 0.05) is 36.9 Å². The number of hydrogen-bond donors (Lipinski definition) is 0. The zero-order valence-corrected chi connectivity index (χ0v) is 21.7. The number of benzene rings is 5. The average Bonchev–Trinajstić information content (AvgIpc) is 3.38. The fraction of sp³-hybridized carbons (Fsp3) is 0. The van der Waals surface area contributed by atoms with Crippen molar-refractivity contribution in [3.05, 3.63) is 126 Å². The van der Waals surface area contributed by atoms with E-state index < -0.39 is 0 Å². The summed E-state index contributed by atoms with van der Waals surface area (Å²) >= 11 is 8.83. The maximum atomic E-state index is 7.09. The van der Waals surface area contributed by atoms with Crippen molar-refractivity contribution >= 4 is 43.1 Å². The topological polar surface area (TPSA) is 38.7 Å². The minimum Gasteiger partial charge on any atom is -0.208 e. The number of nitrogens with zero attached hydrogens (tertiary/aromatic N) is 3. The van der Waals surface area contributed by atoms with E-state index in [1.807, 2.05) is 60.7 Å². The summed E-state index contributed by atoms with van der Waals surface area (Å²) < 4.78 is 2.36. The number of rotatable bonds is 4. The lowest BCUT2D eigenvalue weighted by molar-refractivity contribution is 1.07. The van der Waals surface area contributed by atoms with Crippen LogP contribution in [0.2, 0.25) is 5.02 Å². The van der Waals surface area contributed by atoms with Crippen molar-refractivity contribution in [1.29, 1.82) is 0 Å². The Kier molecular flexibility index (Phi) is 5.69. The molecule has 38 heavy (non-hydrogen) atoms. The van der Waals surface area contributed by atoms with Crippen LogP contribution in [0, 0.1) is 0 Å². The lowest BCUT2D eigenvalue weighted by atomic mass is 10.0. The fourth-order valence-electron chi connectivity index (χ4n) is 4.73. The summed E-state index contributed by atoms with van der Waals surface area (Å²) in [6.45, 7) is 0. The first-order valence-electron chi connectivity index (χ1n) is 12.3. The van der Waals surface area contributed by atoms with E-state index in [4.69, 9.17) is 26.6 Å². The Labute approximate surface area is 229 Å². The van der Waals surface area contributed by atoms with Gasteiger partial charge in [-0.25, -0.2) is 15.0 Å². The molecular formula is C33H20ClN3S. The van der Waals surface area contributed by atoms with Crippen LogP contribution in [-0.2, 0) is 0 Å². The van der Waals surface area contributed by atoms with Gasteiger partial charge in [-0.3, -0.25) is 0 Å². The Morgan fingerprint density at radius 1 is 0.447 bits per heavy atom. The van der Waals surface area contributed by atoms with Crippen molar-refractivity contribution in [2.45, 2.75) is 0 Å². The molecule has 0 aliphatic heterocycles. The first-order valence-corrected chi connectivity index (χ1v) is 13.5. The van der Waals surface area contributed by atoms with Crippen LogP contribution in [-0.4, -0.2) is 15.0 Å². The summed E-state index contributed by atoms with van der Waals surface area (Å²) in [7, 11) is 0. The van der Waals surface area contributed by atoms with Crippen LogP contribution >= 0.6 is 22.9 Å². The van der Waals surface area contributed by atoms with Crippen molar-refractivity contribution in [1.82, 2.24) is 15.0 Å². The molecule has 0 aliphatic carbocycles. The molecule has 7 rings (SSSR count). The van der Waals surface area contributed by atoms with Crippen LogP contribution in [0.3, 0.4) is 0 Å². The summed E-state index contributed by atoms with van der Waals surface area (Å²) in [5.41, 5.74) is 4.96. The van der Waals surface area contributed by atoms with E-state index in [9.17, 15) is 0 Å². The lowest BCUT2D eigenvalue weighted by Gasteiger charge is -2.10. The van der Waals surface area contributed by atoms with Crippen LogP contribution in [0.25, 0.3) is 65.5 Å². The van der Waals surface area contributed by atoms with Crippen molar-refractivity contribution in [2.24, 2.45) is 0 Å². The van der Waals surface area contributed by atoms with Gasteiger partial charge in [-0.15, -0.1) is 11.3 Å². The monoisotopic (exact) mass is 525 g/mol. The summed E-state index contributed by atoms with van der Waals surface area (Å²) in [5, 5.41) is 2.85. The smallest absolute Gasteiger partial charge is 0.165 e. The molecule has 0 N–H and O–H groups in total. The van der Waals surface area contributed by atoms with Gasteiger partial charge in [-0.1, -0.05) is 115 Å². The molecule has 2 aromatic heterocycles. The van der Waals surface area contributed by atoms with E-state index >= 15 is 0 Å². The van der Waals surface area contributed by atoms with E-state index in [2.05, 4.69) is 60.7 Å². The highest BCUT2D eigenvalue weighted by molar-refractivity contribution is 7.26. The molecule has 0 amide bonds. The van der Waals surface area contributed by atoms with Gasteiger partial charge in [0.15, 0.2) is 17.5 Å².